The van der Waals surface area contributed by atoms with E-state index in [1.165, 1.54) is 0 Å². The second kappa shape index (κ2) is 5.42. The van der Waals surface area contributed by atoms with Crippen LogP contribution in [-0.4, -0.2) is 24.3 Å². The Morgan fingerprint density at radius 3 is 1.80 bits per heavy atom. The highest BCUT2D eigenvalue weighted by atomic mass is 16.5. The molecule has 0 aromatic heterocycles. The summed E-state index contributed by atoms with van der Waals surface area (Å²) in [5.74, 6) is 0.854. The van der Waals surface area contributed by atoms with Crippen molar-refractivity contribution < 1.29 is 14.8 Å². The molecule has 0 aliphatic rings. The van der Waals surface area contributed by atoms with Crippen molar-refractivity contribution in [3.8, 4) is 5.75 Å². The first-order valence-corrected chi connectivity index (χ1v) is 6.99. The van der Waals surface area contributed by atoms with E-state index in [4.69, 9.17) is 4.74 Å². The molecular formula is C16H27BO3. The van der Waals surface area contributed by atoms with Gasteiger partial charge in [0.1, 0.15) is 5.75 Å². The summed E-state index contributed by atoms with van der Waals surface area (Å²) in [6.45, 7) is 14.5. The normalized spacial score (nSPS) is 12.5. The molecule has 20 heavy (non-hydrogen) atoms. The van der Waals surface area contributed by atoms with E-state index in [1.54, 1.807) is 7.11 Å². The smallest absolute Gasteiger partial charge is 0.488 e. The summed E-state index contributed by atoms with van der Waals surface area (Å²) in [7, 11) is 0.206. The van der Waals surface area contributed by atoms with Crippen LogP contribution in [0.25, 0.3) is 0 Å². The van der Waals surface area contributed by atoms with E-state index in [0.29, 0.717) is 5.46 Å². The van der Waals surface area contributed by atoms with Crippen LogP contribution in [0.3, 0.4) is 0 Å². The third kappa shape index (κ3) is 3.18. The Morgan fingerprint density at radius 2 is 1.50 bits per heavy atom. The first-order valence-electron chi connectivity index (χ1n) is 6.99. The predicted octanol–water partition coefficient (Wildman–Crippen LogP) is 2.28. The Hall–Kier alpha value is -0.995. The van der Waals surface area contributed by atoms with Crippen LogP contribution in [0.15, 0.2) is 6.07 Å². The van der Waals surface area contributed by atoms with Crippen LogP contribution in [0.5, 0.6) is 5.75 Å². The third-order valence-corrected chi connectivity index (χ3v) is 3.62. The van der Waals surface area contributed by atoms with Crippen molar-refractivity contribution in [2.24, 2.45) is 0 Å². The van der Waals surface area contributed by atoms with E-state index in [2.05, 4.69) is 41.5 Å². The molecule has 1 aromatic rings. The molecular weight excluding hydrogens is 251 g/mol. The van der Waals surface area contributed by atoms with Gasteiger partial charge in [-0.2, -0.15) is 0 Å². The number of ether oxygens (including phenoxy) is 1. The molecule has 0 fully saturated rings. The number of rotatable bonds is 2. The monoisotopic (exact) mass is 278 g/mol. The van der Waals surface area contributed by atoms with Gasteiger partial charge in [0.05, 0.1) is 7.11 Å². The summed E-state index contributed by atoms with van der Waals surface area (Å²) in [5.41, 5.74) is 3.20. The SMILES string of the molecule is COc1c(C(C)(C)C)cc(B(O)O)c(C)c1C(C)(C)C. The van der Waals surface area contributed by atoms with Crippen molar-refractivity contribution in [2.45, 2.75) is 59.3 Å². The van der Waals surface area contributed by atoms with Crippen molar-refractivity contribution in [1.82, 2.24) is 0 Å². The lowest BCUT2D eigenvalue weighted by Crippen LogP contribution is -2.36. The zero-order chi connectivity index (χ0) is 15.9. The van der Waals surface area contributed by atoms with Crippen molar-refractivity contribution in [1.29, 1.82) is 0 Å². The highest BCUT2D eigenvalue weighted by Gasteiger charge is 2.32. The van der Waals surface area contributed by atoms with Gasteiger partial charge in [0.15, 0.2) is 0 Å². The largest absolute Gasteiger partial charge is 0.496 e. The maximum atomic E-state index is 9.66. The van der Waals surface area contributed by atoms with Crippen LogP contribution in [0.4, 0.5) is 0 Å². The van der Waals surface area contributed by atoms with E-state index >= 15 is 0 Å². The fourth-order valence-corrected chi connectivity index (χ4v) is 2.72. The fourth-order valence-electron chi connectivity index (χ4n) is 2.72. The lowest BCUT2D eigenvalue weighted by molar-refractivity contribution is 0.380. The van der Waals surface area contributed by atoms with E-state index in [-0.39, 0.29) is 10.8 Å². The van der Waals surface area contributed by atoms with Gasteiger partial charge in [0.2, 0.25) is 0 Å². The Labute approximate surface area is 123 Å². The van der Waals surface area contributed by atoms with Crippen LogP contribution in [0.2, 0.25) is 0 Å². The summed E-state index contributed by atoms with van der Waals surface area (Å²) in [4.78, 5) is 0. The zero-order valence-electron chi connectivity index (χ0n) is 14.0. The predicted molar refractivity (Wildman–Crippen MR) is 85.0 cm³/mol. The van der Waals surface area contributed by atoms with E-state index in [0.717, 1.165) is 22.4 Å². The average molecular weight is 278 g/mol. The van der Waals surface area contributed by atoms with Crippen molar-refractivity contribution in [3.63, 3.8) is 0 Å². The fraction of sp³-hybridized carbons (Fsp3) is 0.625. The Balaban J connectivity index is 3.85. The lowest BCUT2D eigenvalue weighted by atomic mass is 9.68. The number of methoxy groups -OCH3 is 1. The quantitative estimate of drug-likeness (QED) is 0.816. The van der Waals surface area contributed by atoms with Gasteiger partial charge in [0, 0.05) is 5.56 Å². The highest BCUT2D eigenvalue weighted by Crippen LogP contribution is 2.40. The van der Waals surface area contributed by atoms with Gasteiger partial charge in [0.25, 0.3) is 0 Å². The minimum absolute atomic E-state index is 0.136. The summed E-state index contributed by atoms with van der Waals surface area (Å²) in [6.07, 6.45) is 0. The minimum atomic E-state index is -1.47. The van der Waals surface area contributed by atoms with Crippen molar-refractivity contribution in [3.05, 3.63) is 22.8 Å². The number of benzene rings is 1. The first kappa shape index (κ1) is 17.1. The molecule has 0 saturated heterocycles. The van der Waals surface area contributed by atoms with Gasteiger partial charge in [-0.15, -0.1) is 0 Å². The maximum absolute atomic E-state index is 9.66. The molecule has 0 radical (unpaired) electrons. The Morgan fingerprint density at radius 1 is 1.00 bits per heavy atom. The summed E-state index contributed by atoms with van der Waals surface area (Å²) in [5, 5.41) is 19.3. The molecule has 1 aromatic carbocycles. The molecule has 0 bridgehead atoms. The molecule has 0 saturated carbocycles. The van der Waals surface area contributed by atoms with Crippen LogP contribution < -0.4 is 10.2 Å². The van der Waals surface area contributed by atoms with Crippen molar-refractivity contribution in [2.75, 3.05) is 7.11 Å². The molecule has 0 spiro atoms. The van der Waals surface area contributed by atoms with E-state index < -0.39 is 7.12 Å². The number of hydrogen-bond donors (Lipinski definition) is 2. The molecule has 1 rings (SSSR count). The lowest BCUT2D eigenvalue weighted by Gasteiger charge is -2.32. The number of hydrogen-bond acceptors (Lipinski definition) is 3. The molecule has 0 aliphatic carbocycles. The standard InChI is InChI=1S/C16H27BO3/c1-10-12(17(18)19)9-11(15(2,3)4)14(20-8)13(10)16(5,6)7/h9,18-19H,1-8H3. The van der Waals surface area contributed by atoms with Crippen LogP contribution in [0, 0.1) is 6.92 Å². The van der Waals surface area contributed by atoms with Gasteiger partial charge in [-0.1, -0.05) is 47.6 Å². The van der Waals surface area contributed by atoms with Crippen LogP contribution in [0.1, 0.15) is 58.2 Å². The third-order valence-electron chi connectivity index (χ3n) is 3.62. The second-order valence-electron chi connectivity index (χ2n) is 7.42. The molecule has 0 atom stereocenters. The molecule has 0 unspecified atom stereocenters. The van der Waals surface area contributed by atoms with Crippen LogP contribution in [-0.2, 0) is 10.8 Å². The molecule has 4 heteroatoms. The Kier molecular flexibility index (Phi) is 4.62. The average Bonchev–Trinajstić information content (AvgIpc) is 2.23. The maximum Gasteiger partial charge on any atom is 0.488 e. The summed E-state index contributed by atoms with van der Waals surface area (Å²) < 4.78 is 5.68. The van der Waals surface area contributed by atoms with Gasteiger partial charge < -0.3 is 14.8 Å². The van der Waals surface area contributed by atoms with Gasteiger partial charge in [-0.25, -0.2) is 0 Å². The van der Waals surface area contributed by atoms with Gasteiger partial charge >= 0.3 is 7.12 Å². The van der Waals surface area contributed by atoms with Gasteiger partial charge in [-0.05, 0) is 34.3 Å². The van der Waals surface area contributed by atoms with Gasteiger partial charge in [-0.3, -0.25) is 0 Å². The second-order valence-corrected chi connectivity index (χ2v) is 7.42. The Bertz CT molecular complexity index is 494. The van der Waals surface area contributed by atoms with Crippen molar-refractivity contribution >= 4 is 12.6 Å². The molecule has 0 amide bonds. The molecule has 2 N–H and O–H groups in total. The zero-order valence-corrected chi connectivity index (χ0v) is 14.0. The summed E-state index contributed by atoms with van der Waals surface area (Å²) in [6, 6.07) is 1.86. The molecule has 112 valence electrons. The molecule has 3 nitrogen and oxygen atoms in total. The highest BCUT2D eigenvalue weighted by molar-refractivity contribution is 6.59. The molecule has 0 heterocycles. The summed E-state index contributed by atoms with van der Waals surface area (Å²) >= 11 is 0. The topological polar surface area (TPSA) is 49.7 Å². The first-order chi connectivity index (χ1) is 8.91. The van der Waals surface area contributed by atoms with Crippen LogP contribution >= 0.6 is 0 Å². The minimum Gasteiger partial charge on any atom is -0.496 e. The molecule has 0 aliphatic heterocycles. The van der Waals surface area contributed by atoms with E-state index in [9.17, 15) is 10.0 Å². The van der Waals surface area contributed by atoms with E-state index in [1.807, 2.05) is 13.0 Å².